The first-order valence-electron chi connectivity index (χ1n) is 9.54. The number of likely N-dealkylation sites (tertiary alicyclic amines) is 1. The first kappa shape index (κ1) is 21.1. The maximum Gasteiger partial charge on any atom is 0.253 e. The van der Waals surface area contributed by atoms with Crippen LogP contribution in [0.5, 0.6) is 0 Å². The molecule has 9 heteroatoms. The summed E-state index contributed by atoms with van der Waals surface area (Å²) in [4.78, 5) is 26.9. The van der Waals surface area contributed by atoms with E-state index in [0.29, 0.717) is 62.4 Å². The standard InChI is InChI=1S/C19H26ClN3O4S/c1-28(26,27)23-12-8-17(9-13-23)21-18(24)14-6-10-22(11-7-14)19(25)15-2-4-16(20)5-3-15/h2-5,14,17H,6-13H2,1H3,(H,21,24). The molecule has 7 nitrogen and oxygen atoms in total. The lowest BCUT2D eigenvalue weighted by Crippen LogP contribution is -2.49. The minimum Gasteiger partial charge on any atom is -0.353 e. The van der Waals surface area contributed by atoms with Crippen LogP contribution < -0.4 is 5.32 Å². The van der Waals surface area contributed by atoms with Crippen molar-refractivity contribution in [3.63, 3.8) is 0 Å². The van der Waals surface area contributed by atoms with Crippen LogP contribution in [0.2, 0.25) is 5.02 Å². The van der Waals surface area contributed by atoms with Gasteiger partial charge in [0.05, 0.1) is 6.26 Å². The quantitative estimate of drug-likeness (QED) is 0.792. The van der Waals surface area contributed by atoms with Crippen LogP contribution in [0.25, 0.3) is 0 Å². The van der Waals surface area contributed by atoms with Crippen LogP contribution in [0.1, 0.15) is 36.0 Å². The van der Waals surface area contributed by atoms with E-state index < -0.39 is 10.0 Å². The van der Waals surface area contributed by atoms with Crippen LogP contribution in [-0.2, 0) is 14.8 Å². The van der Waals surface area contributed by atoms with Crippen LogP contribution >= 0.6 is 11.6 Å². The number of amides is 2. The van der Waals surface area contributed by atoms with E-state index in [-0.39, 0.29) is 23.8 Å². The summed E-state index contributed by atoms with van der Waals surface area (Å²) in [6, 6.07) is 6.84. The van der Waals surface area contributed by atoms with Gasteiger partial charge in [0.25, 0.3) is 5.91 Å². The van der Waals surface area contributed by atoms with E-state index in [9.17, 15) is 18.0 Å². The van der Waals surface area contributed by atoms with Gasteiger partial charge >= 0.3 is 0 Å². The smallest absolute Gasteiger partial charge is 0.253 e. The monoisotopic (exact) mass is 427 g/mol. The van der Waals surface area contributed by atoms with Crippen LogP contribution in [-0.4, -0.2) is 67.9 Å². The molecule has 0 atom stereocenters. The summed E-state index contributed by atoms with van der Waals surface area (Å²) >= 11 is 5.86. The molecule has 2 fully saturated rings. The van der Waals surface area contributed by atoms with E-state index in [1.54, 1.807) is 29.2 Å². The molecule has 2 aliphatic rings. The van der Waals surface area contributed by atoms with Crippen molar-refractivity contribution in [2.45, 2.75) is 31.7 Å². The zero-order chi connectivity index (χ0) is 20.3. The van der Waals surface area contributed by atoms with Gasteiger partial charge in [-0.25, -0.2) is 12.7 Å². The molecule has 1 N–H and O–H groups in total. The first-order chi connectivity index (χ1) is 13.2. The number of hydrogen-bond donors (Lipinski definition) is 1. The van der Waals surface area contributed by atoms with E-state index in [0.717, 1.165) is 0 Å². The molecule has 154 valence electrons. The Hall–Kier alpha value is -1.64. The van der Waals surface area contributed by atoms with Gasteiger partial charge in [0.2, 0.25) is 15.9 Å². The molecule has 0 aromatic heterocycles. The fourth-order valence-corrected chi connectivity index (χ4v) is 4.77. The highest BCUT2D eigenvalue weighted by atomic mass is 35.5. The molecule has 28 heavy (non-hydrogen) atoms. The summed E-state index contributed by atoms with van der Waals surface area (Å²) in [5.74, 6) is -0.137. The molecule has 0 bridgehead atoms. The van der Waals surface area contributed by atoms with E-state index in [1.165, 1.54) is 10.6 Å². The highest BCUT2D eigenvalue weighted by Gasteiger charge is 2.31. The second-order valence-corrected chi connectivity index (χ2v) is 9.94. The lowest BCUT2D eigenvalue weighted by Gasteiger charge is -2.34. The Bertz CT molecular complexity index is 812. The number of sulfonamides is 1. The molecule has 0 spiro atoms. The molecule has 2 heterocycles. The molecule has 2 aliphatic heterocycles. The molecule has 1 aromatic carbocycles. The van der Waals surface area contributed by atoms with Gasteiger partial charge in [0.15, 0.2) is 0 Å². The van der Waals surface area contributed by atoms with Gasteiger partial charge in [0, 0.05) is 48.7 Å². The number of benzene rings is 1. The third-order valence-corrected chi connectivity index (χ3v) is 7.07. The van der Waals surface area contributed by atoms with Gasteiger partial charge in [-0.3, -0.25) is 9.59 Å². The van der Waals surface area contributed by atoms with Crippen molar-refractivity contribution in [3.8, 4) is 0 Å². The lowest BCUT2D eigenvalue weighted by molar-refractivity contribution is -0.127. The third-order valence-electron chi connectivity index (χ3n) is 5.51. The maximum atomic E-state index is 12.6. The number of carbonyl (C=O) groups is 2. The first-order valence-corrected chi connectivity index (χ1v) is 11.8. The van der Waals surface area contributed by atoms with Crippen molar-refractivity contribution in [1.29, 1.82) is 0 Å². The molecular formula is C19H26ClN3O4S. The molecule has 0 saturated carbocycles. The van der Waals surface area contributed by atoms with E-state index in [1.807, 2.05) is 0 Å². The Morgan fingerprint density at radius 1 is 1.00 bits per heavy atom. The molecule has 3 rings (SSSR count). The van der Waals surface area contributed by atoms with Gasteiger partial charge in [-0.15, -0.1) is 0 Å². The maximum absolute atomic E-state index is 12.6. The minimum absolute atomic E-state index is 0.0106. The number of carbonyl (C=O) groups excluding carboxylic acids is 2. The van der Waals surface area contributed by atoms with Crippen molar-refractivity contribution in [2.24, 2.45) is 5.92 Å². The molecule has 0 aliphatic carbocycles. The Labute approximate surface area is 171 Å². The Kier molecular flexibility index (Phi) is 6.62. The van der Waals surface area contributed by atoms with Crippen molar-refractivity contribution in [2.75, 3.05) is 32.4 Å². The SMILES string of the molecule is CS(=O)(=O)N1CCC(NC(=O)C2CCN(C(=O)c3ccc(Cl)cc3)CC2)CC1. The highest BCUT2D eigenvalue weighted by molar-refractivity contribution is 7.88. The molecule has 2 amide bonds. The fourth-order valence-electron chi connectivity index (χ4n) is 3.77. The summed E-state index contributed by atoms with van der Waals surface area (Å²) in [6.45, 7) is 1.98. The lowest BCUT2D eigenvalue weighted by atomic mass is 9.94. The molecular weight excluding hydrogens is 402 g/mol. The van der Waals surface area contributed by atoms with E-state index in [4.69, 9.17) is 11.6 Å². The zero-order valence-electron chi connectivity index (χ0n) is 15.9. The summed E-state index contributed by atoms with van der Waals surface area (Å²) < 4.78 is 24.6. The summed E-state index contributed by atoms with van der Waals surface area (Å²) in [5.41, 5.74) is 0.602. The Morgan fingerprint density at radius 2 is 1.57 bits per heavy atom. The number of piperidine rings is 2. The molecule has 0 radical (unpaired) electrons. The number of hydrogen-bond acceptors (Lipinski definition) is 4. The third kappa shape index (κ3) is 5.24. The fraction of sp³-hybridized carbons (Fsp3) is 0.579. The average Bonchev–Trinajstić information content (AvgIpc) is 2.68. The van der Waals surface area contributed by atoms with Crippen molar-refractivity contribution in [3.05, 3.63) is 34.9 Å². The number of nitrogens with zero attached hydrogens (tertiary/aromatic N) is 2. The van der Waals surface area contributed by atoms with Crippen molar-refractivity contribution in [1.82, 2.24) is 14.5 Å². The Balaban J connectivity index is 1.45. The van der Waals surface area contributed by atoms with E-state index in [2.05, 4.69) is 5.32 Å². The molecule has 1 aromatic rings. The van der Waals surface area contributed by atoms with Gasteiger partial charge in [-0.05, 0) is 49.9 Å². The second-order valence-electron chi connectivity index (χ2n) is 7.52. The number of halogens is 1. The summed E-state index contributed by atoms with van der Waals surface area (Å²) in [5, 5.41) is 3.66. The molecule has 2 saturated heterocycles. The van der Waals surface area contributed by atoms with Crippen molar-refractivity contribution < 1.29 is 18.0 Å². The predicted molar refractivity (Wildman–Crippen MR) is 108 cm³/mol. The predicted octanol–water partition coefficient (Wildman–Crippen LogP) is 1.73. The normalized spacial score (nSPS) is 20.1. The topological polar surface area (TPSA) is 86.8 Å². The van der Waals surface area contributed by atoms with Gasteiger partial charge in [0.1, 0.15) is 0 Å². The zero-order valence-corrected chi connectivity index (χ0v) is 17.5. The van der Waals surface area contributed by atoms with Crippen LogP contribution in [0.15, 0.2) is 24.3 Å². The average molecular weight is 428 g/mol. The number of nitrogens with one attached hydrogen (secondary N) is 1. The van der Waals surface area contributed by atoms with Crippen molar-refractivity contribution >= 4 is 33.4 Å². The van der Waals surface area contributed by atoms with Crippen LogP contribution in [0, 0.1) is 5.92 Å². The van der Waals surface area contributed by atoms with Crippen LogP contribution in [0.4, 0.5) is 0 Å². The van der Waals surface area contributed by atoms with E-state index >= 15 is 0 Å². The summed E-state index contributed by atoms with van der Waals surface area (Å²) in [7, 11) is -3.16. The minimum atomic E-state index is -3.16. The van der Waals surface area contributed by atoms with Gasteiger partial charge in [-0.2, -0.15) is 0 Å². The van der Waals surface area contributed by atoms with Gasteiger partial charge < -0.3 is 10.2 Å². The number of rotatable bonds is 4. The Morgan fingerprint density at radius 3 is 2.11 bits per heavy atom. The summed E-state index contributed by atoms with van der Waals surface area (Å²) in [6.07, 6.45) is 3.74. The second kappa shape index (κ2) is 8.80. The largest absolute Gasteiger partial charge is 0.353 e. The van der Waals surface area contributed by atoms with Crippen LogP contribution in [0.3, 0.4) is 0 Å². The molecule has 0 unspecified atom stereocenters. The van der Waals surface area contributed by atoms with Gasteiger partial charge in [-0.1, -0.05) is 11.6 Å². The highest BCUT2D eigenvalue weighted by Crippen LogP contribution is 2.21.